The van der Waals surface area contributed by atoms with Gasteiger partial charge in [0, 0.05) is 42.8 Å². The summed E-state index contributed by atoms with van der Waals surface area (Å²) in [6, 6.07) is 10.2. The molecule has 9 heteroatoms. The van der Waals surface area contributed by atoms with E-state index >= 15 is 0 Å². The average Bonchev–Trinajstić information content (AvgIpc) is 3.47. The first-order valence-electron chi connectivity index (χ1n) is 11.0. The minimum Gasteiger partial charge on any atom is -0.346 e. The van der Waals surface area contributed by atoms with E-state index in [4.69, 9.17) is 10.7 Å². The zero-order chi connectivity index (χ0) is 23.4. The molecule has 0 saturated carbocycles. The van der Waals surface area contributed by atoms with Gasteiger partial charge in [0.25, 0.3) is 5.91 Å². The molecule has 0 atom stereocenters. The number of carbonyl (C=O) groups excluding carboxylic acids is 1. The fourth-order valence-corrected chi connectivity index (χ4v) is 4.32. The van der Waals surface area contributed by atoms with Crippen LogP contribution in [0.15, 0.2) is 48.1 Å². The van der Waals surface area contributed by atoms with E-state index in [0.717, 1.165) is 40.3 Å². The van der Waals surface area contributed by atoms with Crippen LogP contribution in [0.3, 0.4) is 0 Å². The third-order valence-electron chi connectivity index (χ3n) is 5.37. The Bertz CT molecular complexity index is 1230. The molecule has 3 aromatic heterocycles. The first-order chi connectivity index (χ1) is 16.0. The van der Waals surface area contributed by atoms with Gasteiger partial charge in [-0.25, -0.2) is 14.6 Å². The van der Waals surface area contributed by atoms with Crippen LogP contribution < -0.4 is 11.1 Å². The van der Waals surface area contributed by atoms with Crippen molar-refractivity contribution in [2.24, 2.45) is 5.73 Å². The second-order valence-electron chi connectivity index (χ2n) is 8.31. The van der Waals surface area contributed by atoms with Crippen LogP contribution in [0.25, 0.3) is 22.3 Å². The Morgan fingerprint density at radius 2 is 2.15 bits per heavy atom. The summed E-state index contributed by atoms with van der Waals surface area (Å²) >= 11 is 1.52. The number of aromatic nitrogens is 4. The number of fused-ring (bicyclic) bond motifs is 1. The number of rotatable bonds is 9. The van der Waals surface area contributed by atoms with Crippen molar-refractivity contribution < 1.29 is 4.79 Å². The number of nitrogens with zero attached hydrogens (tertiary/aromatic N) is 5. The van der Waals surface area contributed by atoms with Crippen molar-refractivity contribution in [2.75, 3.05) is 20.1 Å². The molecule has 1 aromatic carbocycles. The number of pyridine rings is 1. The van der Waals surface area contributed by atoms with E-state index < -0.39 is 0 Å². The van der Waals surface area contributed by atoms with Crippen molar-refractivity contribution in [3.63, 3.8) is 0 Å². The van der Waals surface area contributed by atoms with Gasteiger partial charge in [0.15, 0.2) is 5.65 Å². The van der Waals surface area contributed by atoms with Crippen LogP contribution in [-0.4, -0.2) is 50.7 Å². The molecular weight excluding hydrogens is 434 g/mol. The maximum Gasteiger partial charge on any atom is 0.252 e. The number of carbonyl (C=O) groups is 1. The fraction of sp³-hybridized carbons (Fsp3) is 0.333. The number of nitrogens with one attached hydrogen (secondary N) is 1. The molecule has 4 aromatic rings. The molecule has 3 heterocycles. The second-order valence-corrected chi connectivity index (χ2v) is 9.29. The topological polar surface area (TPSA) is 102 Å². The molecule has 0 radical (unpaired) electrons. The van der Waals surface area contributed by atoms with Crippen molar-refractivity contribution in [3.05, 3.63) is 64.2 Å². The zero-order valence-electron chi connectivity index (χ0n) is 19.2. The number of benzene rings is 1. The summed E-state index contributed by atoms with van der Waals surface area (Å²) in [7, 11) is 2.05. The smallest absolute Gasteiger partial charge is 0.252 e. The molecule has 0 unspecified atom stereocenters. The first-order valence-corrected chi connectivity index (χ1v) is 11.9. The van der Waals surface area contributed by atoms with Crippen molar-refractivity contribution >= 4 is 28.3 Å². The lowest BCUT2D eigenvalue weighted by molar-refractivity contribution is 0.0952. The summed E-state index contributed by atoms with van der Waals surface area (Å²) in [5.74, 6) is -0.166. The quantitative estimate of drug-likeness (QED) is 0.394. The van der Waals surface area contributed by atoms with Gasteiger partial charge in [-0.15, -0.1) is 11.3 Å². The zero-order valence-corrected chi connectivity index (χ0v) is 20.0. The lowest BCUT2D eigenvalue weighted by Gasteiger charge is -2.16. The second kappa shape index (κ2) is 10.2. The standard InChI is InChI=1S/C24H29N7OS/c1-16(2)31-23-20(13-28-31)19(24(32)27-14-22-26-8-10-33-22)12-21(29-23)18-6-4-5-17(11-18)15-30(3)9-7-25/h4-6,8,10-13,16H,7,9,14-15,25H2,1-3H3,(H,27,32). The first kappa shape index (κ1) is 23.0. The van der Waals surface area contributed by atoms with Crippen molar-refractivity contribution in [2.45, 2.75) is 33.0 Å². The number of amides is 1. The summed E-state index contributed by atoms with van der Waals surface area (Å²) in [6.07, 6.45) is 3.46. The molecule has 0 bridgehead atoms. The maximum atomic E-state index is 13.2. The van der Waals surface area contributed by atoms with Gasteiger partial charge < -0.3 is 16.0 Å². The van der Waals surface area contributed by atoms with E-state index in [0.29, 0.717) is 24.3 Å². The summed E-state index contributed by atoms with van der Waals surface area (Å²) in [5.41, 5.74) is 9.81. The number of nitrogens with two attached hydrogens (primary N) is 1. The number of likely N-dealkylation sites (N-methyl/N-ethyl adjacent to an activating group) is 1. The Hall–Kier alpha value is -3.14. The molecule has 0 aliphatic carbocycles. The highest BCUT2D eigenvalue weighted by Crippen LogP contribution is 2.27. The maximum absolute atomic E-state index is 13.2. The molecule has 1 amide bonds. The van der Waals surface area contributed by atoms with E-state index in [2.05, 4.69) is 53.3 Å². The fourth-order valence-electron chi connectivity index (χ4n) is 3.76. The van der Waals surface area contributed by atoms with E-state index in [9.17, 15) is 4.79 Å². The number of hydrogen-bond donors (Lipinski definition) is 2. The molecule has 0 saturated heterocycles. The summed E-state index contributed by atoms with van der Waals surface area (Å²) in [5, 5.41) is 11.0. The molecule has 8 nitrogen and oxygen atoms in total. The molecule has 0 spiro atoms. The SMILES string of the molecule is CC(C)n1ncc2c(C(=O)NCc3nccs3)cc(-c3cccc(CN(C)CCN)c3)nc21. The summed E-state index contributed by atoms with van der Waals surface area (Å²) < 4.78 is 1.86. The van der Waals surface area contributed by atoms with Gasteiger partial charge >= 0.3 is 0 Å². The van der Waals surface area contributed by atoms with E-state index in [1.165, 1.54) is 11.3 Å². The van der Waals surface area contributed by atoms with Crippen LogP contribution in [0.2, 0.25) is 0 Å². The molecule has 3 N–H and O–H groups in total. The Labute approximate surface area is 197 Å². The van der Waals surface area contributed by atoms with Gasteiger partial charge in [-0.1, -0.05) is 18.2 Å². The minimum absolute atomic E-state index is 0.118. The lowest BCUT2D eigenvalue weighted by Crippen LogP contribution is -2.24. The van der Waals surface area contributed by atoms with Crippen molar-refractivity contribution in [1.82, 2.24) is 30.0 Å². The van der Waals surface area contributed by atoms with E-state index in [1.54, 1.807) is 12.4 Å². The van der Waals surface area contributed by atoms with Crippen LogP contribution in [0.5, 0.6) is 0 Å². The van der Waals surface area contributed by atoms with Gasteiger partial charge in [0.1, 0.15) is 5.01 Å². The molecule has 33 heavy (non-hydrogen) atoms. The minimum atomic E-state index is -0.166. The predicted octanol–water partition coefficient (Wildman–Crippen LogP) is 3.46. The van der Waals surface area contributed by atoms with Crippen LogP contribution >= 0.6 is 11.3 Å². The van der Waals surface area contributed by atoms with E-state index in [-0.39, 0.29) is 11.9 Å². The van der Waals surface area contributed by atoms with Crippen LogP contribution in [-0.2, 0) is 13.1 Å². The summed E-state index contributed by atoms with van der Waals surface area (Å²) in [6.45, 7) is 6.72. The third-order valence-corrected chi connectivity index (χ3v) is 6.15. The molecular formula is C24H29N7OS. The Kier molecular flexibility index (Phi) is 7.12. The number of thiazole rings is 1. The molecule has 4 rings (SSSR count). The normalized spacial score (nSPS) is 11.6. The predicted molar refractivity (Wildman–Crippen MR) is 132 cm³/mol. The van der Waals surface area contributed by atoms with Crippen LogP contribution in [0.4, 0.5) is 0 Å². The monoisotopic (exact) mass is 463 g/mol. The average molecular weight is 464 g/mol. The van der Waals surface area contributed by atoms with Gasteiger partial charge in [-0.05, 0) is 38.6 Å². The van der Waals surface area contributed by atoms with E-state index in [1.807, 2.05) is 28.3 Å². The highest BCUT2D eigenvalue weighted by atomic mass is 32.1. The van der Waals surface area contributed by atoms with Crippen molar-refractivity contribution in [3.8, 4) is 11.3 Å². The van der Waals surface area contributed by atoms with Crippen molar-refractivity contribution in [1.29, 1.82) is 0 Å². The highest BCUT2D eigenvalue weighted by molar-refractivity contribution is 7.09. The lowest BCUT2D eigenvalue weighted by atomic mass is 10.0. The Morgan fingerprint density at radius 3 is 2.88 bits per heavy atom. The van der Waals surface area contributed by atoms with Gasteiger partial charge in [-0.2, -0.15) is 5.10 Å². The largest absolute Gasteiger partial charge is 0.346 e. The molecule has 0 aliphatic heterocycles. The highest BCUT2D eigenvalue weighted by Gasteiger charge is 2.19. The molecule has 0 aliphatic rings. The van der Waals surface area contributed by atoms with Crippen LogP contribution in [0, 0.1) is 0 Å². The Balaban J connectivity index is 1.72. The van der Waals surface area contributed by atoms with Crippen LogP contribution in [0.1, 0.15) is 40.8 Å². The van der Waals surface area contributed by atoms with Gasteiger partial charge in [0.2, 0.25) is 0 Å². The van der Waals surface area contributed by atoms with Gasteiger partial charge in [0.05, 0.1) is 29.4 Å². The third kappa shape index (κ3) is 5.27. The summed E-state index contributed by atoms with van der Waals surface area (Å²) in [4.78, 5) is 24.5. The number of hydrogen-bond acceptors (Lipinski definition) is 7. The van der Waals surface area contributed by atoms with Gasteiger partial charge in [-0.3, -0.25) is 4.79 Å². The molecule has 0 fully saturated rings. The molecule has 172 valence electrons. The Morgan fingerprint density at radius 1 is 1.30 bits per heavy atom.